The zero-order valence-electron chi connectivity index (χ0n) is 16.3. The molecule has 1 saturated heterocycles. The Hall–Kier alpha value is -2.85. The maximum atomic E-state index is 13.0. The quantitative estimate of drug-likeness (QED) is 0.717. The molecular formula is C20H23FN4O4S. The van der Waals surface area contributed by atoms with Crippen LogP contribution < -0.4 is 5.32 Å². The van der Waals surface area contributed by atoms with Gasteiger partial charge in [-0.3, -0.25) is 14.6 Å². The Morgan fingerprint density at radius 1 is 1.03 bits per heavy atom. The maximum absolute atomic E-state index is 13.0. The van der Waals surface area contributed by atoms with Crippen molar-refractivity contribution in [2.75, 3.05) is 31.5 Å². The molecule has 1 aromatic heterocycles. The lowest BCUT2D eigenvalue weighted by Gasteiger charge is -2.34. The largest absolute Gasteiger partial charge is 0.340 e. The van der Waals surface area contributed by atoms with E-state index in [2.05, 4.69) is 10.3 Å². The van der Waals surface area contributed by atoms with Gasteiger partial charge in [0.2, 0.25) is 21.8 Å². The van der Waals surface area contributed by atoms with E-state index in [0.29, 0.717) is 12.1 Å². The first kappa shape index (κ1) is 21.8. The van der Waals surface area contributed by atoms with Crippen LogP contribution in [-0.2, 0) is 19.6 Å². The predicted molar refractivity (Wildman–Crippen MR) is 108 cm³/mol. The van der Waals surface area contributed by atoms with Gasteiger partial charge in [-0.15, -0.1) is 0 Å². The summed E-state index contributed by atoms with van der Waals surface area (Å²) < 4.78 is 39.6. The Balaban J connectivity index is 1.42. The molecule has 160 valence electrons. The van der Waals surface area contributed by atoms with Crippen LogP contribution in [0.3, 0.4) is 0 Å². The summed E-state index contributed by atoms with van der Waals surface area (Å²) in [6, 6.07) is 8.14. The number of carbonyl (C=O) groups is 2. The van der Waals surface area contributed by atoms with E-state index in [1.807, 2.05) is 0 Å². The molecule has 10 heteroatoms. The standard InChI is InChI=1S/C20H23FN4O4S/c21-16-6-8-18(9-7-16)30(28,29)25-13-11-24(12-14-25)20(27)5-1-4-19(26)23-17-3-2-10-22-15-17/h2-3,6-10,15H,1,4-5,11-14H2,(H,23,26). The Kier molecular flexibility index (Phi) is 7.11. The molecule has 1 fully saturated rings. The normalized spacial score (nSPS) is 15.0. The van der Waals surface area contributed by atoms with E-state index in [1.165, 1.54) is 16.4 Å². The summed E-state index contributed by atoms with van der Waals surface area (Å²) in [5.74, 6) is -0.799. The van der Waals surface area contributed by atoms with Gasteiger partial charge in [-0.1, -0.05) is 0 Å². The van der Waals surface area contributed by atoms with E-state index >= 15 is 0 Å². The molecule has 0 saturated carbocycles. The van der Waals surface area contributed by atoms with Gasteiger partial charge in [0.25, 0.3) is 0 Å². The lowest BCUT2D eigenvalue weighted by atomic mass is 10.2. The van der Waals surface area contributed by atoms with Gasteiger partial charge in [-0.2, -0.15) is 4.31 Å². The van der Waals surface area contributed by atoms with Crippen LogP contribution in [0.4, 0.5) is 10.1 Å². The number of hydrogen-bond acceptors (Lipinski definition) is 5. The Labute approximate surface area is 174 Å². The van der Waals surface area contributed by atoms with Gasteiger partial charge in [0, 0.05) is 45.2 Å². The molecule has 1 aliphatic heterocycles. The third-order valence-corrected chi connectivity index (χ3v) is 6.70. The number of anilines is 1. The van der Waals surface area contributed by atoms with Crippen LogP contribution in [0.1, 0.15) is 19.3 Å². The average Bonchev–Trinajstić information content (AvgIpc) is 2.75. The smallest absolute Gasteiger partial charge is 0.243 e. The van der Waals surface area contributed by atoms with Crippen molar-refractivity contribution < 1.29 is 22.4 Å². The lowest BCUT2D eigenvalue weighted by molar-refractivity contribution is -0.132. The number of benzene rings is 1. The molecule has 3 rings (SSSR count). The van der Waals surface area contributed by atoms with Crippen molar-refractivity contribution in [3.63, 3.8) is 0 Å². The number of carbonyl (C=O) groups excluding carboxylic acids is 2. The first-order chi connectivity index (χ1) is 14.4. The van der Waals surface area contributed by atoms with Gasteiger partial charge in [0.15, 0.2) is 0 Å². The molecule has 1 aromatic carbocycles. The minimum absolute atomic E-state index is 0.0308. The first-order valence-corrected chi connectivity index (χ1v) is 11.0. The molecule has 1 N–H and O–H groups in total. The number of piperazine rings is 1. The molecule has 0 spiro atoms. The van der Waals surface area contributed by atoms with Gasteiger partial charge in [0.05, 0.1) is 16.8 Å². The number of amides is 2. The van der Waals surface area contributed by atoms with Gasteiger partial charge in [-0.05, 0) is 42.8 Å². The number of pyridine rings is 1. The van der Waals surface area contributed by atoms with E-state index < -0.39 is 15.8 Å². The highest BCUT2D eigenvalue weighted by atomic mass is 32.2. The lowest BCUT2D eigenvalue weighted by Crippen LogP contribution is -2.50. The molecule has 0 bridgehead atoms. The summed E-state index contributed by atoms with van der Waals surface area (Å²) >= 11 is 0. The Morgan fingerprint density at radius 3 is 2.37 bits per heavy atom. The minimum atomic E-state index is -3.72. The summed E-state index contributed by atoms with van der Waals surface area (Å²) in [5.41, 5.74) is 0.604. The molecule has 2 heterocycles. The molecule has 2 amide bonds. The topological polar surface area (TPSA) is 99.7 Å². The van der Waals surface area contributed by atoms with Crippen molar-refractivity contribution in [2.24, 2.45) is 0 Å². The van der Waals surface area contributed by atoms with Gasteiger partial charge in [0.1, 0.15) is 5.82 Å². The number of rotatable bonds is 7. The van der Waals surface area contributed by atoms with Crippen LogP contribution in [-0.4, -0.2) is 60.6 Å². The molecular weight excluding hydrogens is 411 g/mol. The fourth-order valence-corrected chi connectivity index (χ4v) is 4.57. The first-order valence-electron chi connectivity index (χ1n) is 9.59. The summed E-state index contributed by atoms with van der Waals surface area (Å²) in [4.78, 5) is 29.8. The van der Waals surface area contributed by atoms with Crippen molar-refractivity contribution in [2.45, 2.75) is 24.2 Å². The van der Waals surface area contributed by atoms with Gasteiger partial charge >= 0.3 is 0 Å². The van der Waals surface area contributed by atoms with Crippen LogP contribution in [0.2, 0.25) is 0 Å². The molecule has 8 nitrogen and oxygen atoms in total. The minimum Gasteiger partial charge on any atom is -0.340 e. The van der Waals surface area contributed by atoms with Crippen molar-refractivity contribution in [1.29, 1.82) is 0 Å². The summed E-state index contributed by atoms with van der Waals surface area (Å²) in [6.45, 7) is 0.905. The van der Waals surface area contributed by atoms with Crippen LogP contribution >= 0.6 is 0 Å². The highest BCUT2D eigenvalue weighted by Crippen LogP contribution is 2.18. The van der Waals surface area contributed by atoms with E-state index in [4.69, 9.17) is 0 Å². The molecule has 0 unspecified atom stereocenters. The fraction of sp³-hybridized carbons (Fsp3) is 0.350. The Morgan fingerprint density at radius 2 is 1.73 bits per heavy atom. The number of nitrogens with one attached hydrogen (secondary N) is 1. The van der Waals surface area contributed by atoms with E-state index in [-0.39, 0.29) is 55.7 Å². The SMILES string of the molecule is O=C(CCCC(=O)N1CCN(S(=O)(=O)c2ccc(F)cc2)CC1)Nc1cccnc1. The molecule has 1 aliphatic rings. The zero-order chi connectivity index (χ0) is 21.6. The van der Waals surface area contributed by atoms with E-state index in [1.54, 1.807) is 29.4 Å². The number of halogens is 1. The molecule has 2 aromatic rings. The highest BCUT2D eigenvalue weighted by molar-refractivity contribution is 7.89. The molecule has 0 atom stereocenters. The zero-order valence-corrected chi connectivity index (χ0v) is 17.1. The highest BCUT2D eigenvalue weighted by Gasteiger charge is 2.29. The second kappa shape index (κ2) is 9.77. The third-order valence-electron chi connectivity index (χ3n) is 4.78. The van der Waals surface area contributed by atoms with Crippen LogP contribution in [0.5, 0.6) is 0 Å². The van der Waals surface area contributed by atoms with Gasteiger partial charge in [-0.25, -0.2) is 12.8 Å². The second-order valence-electron chi connectivity index (χ2n) is 6.88. The van der Waals surface area contributed by atoms with Crippen LogP contribution in [0.25, 0.3) is 0 Å². The van der Waals surface area contributed by atoms with E-state index in [9.17, 15) is 22.4 Å². The molecule has 0 radical (unpaired) electrons. The number of nitrogens with zero attached hydrogens (tertiary/aromatic N) is 3. The molecule has 0 aliphatic carbocycles. The van der Waals surface area contributed by atoms with Crippen molar-refractivity contribution >= 4 is 27.5 Å². The van der Waals surface area contributed by atoms with Gasteiger partial charge < -0.3 is 10.2 Å². The van der Waals surface area contributed by atoms with Crippen molar-refractivity contribution in [3.8, 4) is 0 Å². The summed E-state index contributed by atoms with van der Waals surface area (Å²) in [7, 11) is -3.72. The third kappa shape index (κ3) is 5.61. The van der Waals surface area contributed by atoms with Crippen LogP contribution in [0.15, 0.2) is 53.7 Å². The average molecular weight is 434 g/mol. The second-order valence-corrected chi connectivity index (χ2v) is 8.82. The van der Waals surface area contributed by atoms with Crippen molar-refractivity contribution in [1.82, 2.24) is 14.2 Å². The summed E-state index contributed by atoms with van der Waals surface area (Å²) in [5, 5.41) is 2.71. The van der Waals surface area contributed by atoms with E-state index in [0.717, 1.165) is 12.1 Å². The number of hydrogen-bond donors (Lipinski definition) is 1. The maximum Gasteiger partial charge on any atom is 0.243 e. The Bertz CT molecular complexity index is 976. The monoisotopic (exact) mass is 434 g/mol. The number of sulfonamides is 1. The van der Waals surface area contributed by atoms with Crippen molar-refractivity contribution in [3.05, 3.63) is 54.6 Å². The molecule has 30 heavy (non-hydrogen) atoms. The van der Waals surface area contributed by atoms with Crippen LogP contribution in [0, 0.1) is 5.82 Å². The summed E-state index contributed by atoms with van der Waals surface area (Å²) in [6.07, 6.45) is 3.98. The number of aromatic nitrogens is 1. The fourth-order valence-electron chi connectivity index (χ4n) is 3.15. The predicted octanol–water partition coefficient (Wildman–Crippen LogP) is 1.86.